The van der Waals surface area contributed by atoms with Crippen molar-refractivity contribution in [3.05, 3.63) is 53.5 Å². The Kier molecular flexibility index (Phi) is 2.83. The number of rotatable bonds is 2. The van der Waals surface area contributed by atoms with Gasteiger partial charge in [0.25, 0.3) is 0 Å². The van der Waals surface area contributed by atoms with E-state index in [4.69, 9.17) is 5.73 Å². The molecule has 2 heterocycles. The van der Waals surface area contributed by atoms with E-state index in [1.54, 1.807) is 30.7 Å². The van der Waals surface area contributed by atoms with Crippen LogP contribution in [0.5, 0.6) is 0 Å². The monoisotopic (exact) mass is 215 g/mol. The van der Waals surface area contributed by atoms with Gasteiger partial charge in [-0.3, -0.25) is 4.98 Å². The lowest BCUT2D eigenvalue weighted by Crippen LogP contribution is -2.06. The Hall–Kier alpha value is -1.94. The Morgan fingerprint density at radius 3 is 2.88 bits per heavy atom. The highest BCUT2D eigenvalue weighted by Gasteiger charge is 2.14. The third kappa shape index (κ3) is 2.01. The highest BCUT2D eigenvalue weighted by molar-refractivity contribution is 5.45. The Morgan fingerprint density at radius 1 is 1.38 bits per heavy atom. The van der Waals surface area contributed by atoms with Crippen LogP contribution in [0.25, 0.3) is 0 Å². The fourth-order valence-corrected chi connectivity index (χ4v) is 1.54. The molecule has 0 spiro atoms. The predicted octanol–water partition coefficient (Wildman–Crippen LogP) is 1.45. The van der Waals surface area contributed by atoms with E-state index in [9.17, 15) is 5.11 Å². The summed E-state index contributed by atoms with van der Waals surface area (Å²) in [6.45, 7) is 1.91. The zero-order valence-corrected chi connectivity index (χ0v) is 8.96. The second-order valence-corrected chi connectivity index (χ2v) is 3.68. The summed E-state index contributed by atoms with van der Waals surface area (Å²) in [5.41, 5.74) is 8.03. The van der Waals surface area contributed by atoms with Crippen LogP contribution in [-0.2, 0) is 0 Å². The molecule has 4 nitrogen and oxygen atoms in total. The summed E-state index contributed by atoms with van der Waals surface area (Å²) in [6, 6.07) is 5.41. The molecule has 0 bridgehead atoms. The van der Waals surface area contributed by atoms with E-state index in [0.29, 0.717) is 16.9 Å². The Labute approximate surface area is 93.8 Å². The number of nitrogens with zero attached hydrogens (tertiary/aromatic N) is 2. The molecule has 1 atom stereocenters. The Balaban J connectivity index is 2.41. The fraction of sp³-hybridized carbons (Fsp3) is 0.167. The molecule has 4 heteroatoms. The first-order valence-electron chi connectivity index (χ1n) is 4.98. The number of aromatic nitrogens is 2. The molecule has 3 N–H and O–H groups in total. The van der Waals surface area contributed by atoms with E-state index >= 15 is 0 Å². The quantitative estimate of drug-likeness (QED) is 0.795. The molecule has 2 aromatic rings. The number of pyridine rings is 2. The number of aryl methyl sites for hydroxylation is 1. The van der Waals surface area contributed by atoms with Gasteiger partial charge in [0.15, 0.2) is 0 Å². The van der Waals surface area contributed by atoms with Crippen LogP contribution in [0.2, 0.25) is 0 Å². The summed E-state index contributed by atoms with van der Waals surface area (Å²) in [5, 5.41) is 10.1. The van der Waals surface area contributed by atoms with Crippen LogP contribution in [0.4, 0.5) is 5.82 Å². The second-order valence-electron chi connectivity index (χ2n) is 3.68. The molecule has 0 saturated carbocycles. The molecule has 0 radical (unpaired) electrons. The van der Waals surface area contributed by atoms with Gasteiger partial charge in [-0.25, -0.2) is 4.98 Å². The second kappa shape index (κ2) is 4.28. The van der Waals surface area contributed by atoms with Crippen LogP contribution in [0, 0.1) is 6.92 Å². The smallest absolute Gasteiger partial charge is 0.129 e. The maximum atomic E-state index is 10.1. The summed E-state index contributed by atoms with van der Waals surface area (Å²) in [6.07, 6.45) is 4.18. The van der Waals surface area contributed by atoms with Crippen LogP contribution < -0.4 is 5.73 Å². The standard InChI is InChI=1S/C12H13N3O/c1-8-5-10(12(13)15-6-8)11(16)9-3-2-4-14-7-9/h2-7,11,16H,1H3,(H2,13,15). The van der Waals surface area contributed by atoms with Gasteiger partial charge < -0.3 is 10.8 Å². The summed E-state index contributed by atoms with van der Waals surface area (Å²) < 4.78 is 0. The first-order valence-corrected chi connectivity index (χ1v) is 4.98. The van der Waals surface area contributed by atoms with Crippen LogP contribution in [0.1, 0.15) is 22.8 Å². The van der Waals surface area contributed by atoms with Crippen molar-refractivity contribution in [2.45, 2.75) is 13.0 Å². The first-order chi connectivity index (χ1) is 7.68. The fourth-order valence-electron chi connectivity index (χ4n) is 1.54. The van der Waals surface area contributed by atoms with Crippen molar-refractivity contribution in [2.75, 3.05) is 5.73 Å². The summed E-state index contributed by atoms with van der Waals surface area (Å²) in [4.78, 5) is 7.98. The molecule has 16 heavy (non-hydrogen) atoms. The van der Waals surface area contributed by atoms with Crippen molar-refractivity contribution in [2.24, 2.45) is 0 Å². The van der Waals surface area contributed by atoms with E-state index in [2.05, 4.69) is 9.97 Å². The van der Waals surface area contributed by atoms with Gasteiger partial charge in [-0.05, 0) is 24.6 Å². The SMILES string of the molecule is Cc1cnc(N)c(C(O)c2cccnc2)c1. The van der Waals surface area contributed by atoms with Crippen molar-refractivity contribution in [3.8, 4) is 0 Å². The van der Waals surface area contributed by atoms with E-state index < -0.39 is 6.10 Å². The molecule has 1 unspecified atom stereocenters. The van der Waals surface area contributed by atoms with E-state index in [-0.39, 0.29) is 0 Å². The van der Waals surface area contributed by atoms with Gasteiger partial charge in [-0.1, -0.05) is 6.07 Å². The van der Waals surface area contributed by atoms with E-state index in [1.807, 2.05) is 13.0 Å². The van der Waals surface area contributed by atoms with Crippen LogP contribution in [0.15, 0.2) is 36.8 Å². The van der Waals surface area contributed by atoms with Gasteiger partial charge in [-0.2, -0.15) is 0 Å². The van der Waals surface area contributed by atoms with Gasteiger partial charge in [0.2, 0.25) is 0 Å². The third-order valence-corrected chi connectivity index (χ3v) is 2.38. The molecule has 0 aliphatic rings. The number of hydrogen-bond acceptors (Lipinski definition) is 4. The van der Waals surface area contributed by atoms with Gasteiger partial charge in [0, 0.05) is 29.7 Å². The third-order valence-electron chi connectivity index (χ3n) is 2.38. The predicted molar refractivity (Wildman–Crippen MR) is 61.7 cm³/mol. The first kappa shape index (κ1) is 10.6. The highest BCUT2D eigenvalue weighted by Crippen LogP contribution is 2.25. The average molecular weight is 215 g/mol. The van der Waals surface area contributed by atoms with Crippen molar-refractivity contribution in [3.63, 3.8) is 0 Å². The molecule has 2 aromatic heterocycles. The number of aliphatic hydroxyl groups is 1. The molecule has 0 saturated heterocycles. The molecule has 82 valence electrons. The molecular formula is C12H13N3O. The van der Waals surface area contributed by atoms with Crippen molar-refractivity contribution < 1.29 is 5.11 Å². The molecule has 0 amide bonds. The molecule has 0 aliphatic heterocycles. The lowest BCUT2D eigenvalue weighted by atomic mass is 10.0. The van der Waals surface area contributed by atoms with Gasteiger partial charge in [0.1, 0.15) is 11.9 Å². The number of anilines is 1. The minimum absolute atomic E-state index is 0.349. The highest BCUT2D eigenvalue weighted by atomic mass is 16.3. The van der Waals surface area contributed by atoms with Gasteiger partial charge in [-0.15, -0.1) is 0 Å². The number of aliphatic hydroxyl groups excluding tert-OH is 1. The molecule has 0 aromatic carbocycles. The lowest BCUT2D eigenvalue weighted by molar-refractivity contribution is 0.220. The summed E-state index contributed by atoms with van der Waals surface area (Å²) >= 11 is 0. The average Bonchev–Trinajstić information content (AvgIpc) is 2.32. The van der Waals surface area contributed by atoms with Crippen LogP contribution >= 0.6 is 0 Å². The maximum Gasteiger partial charge on any atom is 0.129 e. The zero-order chi connectivity index (χ0) is 11.5. The number of nitrogens with two attached hydrogens (primary N) is 1. The topological polar surface area (TPSA) is 72.0 Å². The largest absolute Gasteiger partial charge is 0.383 e. The lowest BCUT2D eigenvalue weighted by Gasteiger charge is -2.13. The molecule has 0 fully saturated rings. The Bertz CT molecular complexity index is 485. The van der Waals surface area contributed by atoms with Gasteiger partial charge in [0.05, 0.1) is 0 Å². The number of nitrogen functional groups attached to an aromatic ring is 1. The summed E-state index contributed by atoms with van der Waals surface area (Å²) in [7, 11) is 0. The Morgan fingerprint density at radius 2 is 2.19 bits per heavy atom. The van der Waals surface area contributed by atoms with Crippen LogP contribution in [-0.4, -0.2) is 15.1 Å². The van der Waals surface area contributed by atoms with E-state index in [0.717, 1.165) is 5.56 Å². The zero-order valence-electron chi connectivity index (χ0n) is 8.96. The van der Waals surface area contributed by atoms with Gasteiger partial charge >= 0.3 is 0 Å². The summed E-state index contributed by atoms with van der Waals surface area (Å²) in [5.74, 6) is 0.349. The van der Waals surface area contributed by atoms with Crippen molar-refractivity contribution in [1.82, 2.24) is 9.97 Å². The van der Waals surface area contributed by atoms with Crippen molar-refractivity contribution in [1.29, 1.82) is 0 Å². The maximum absolute atomic E-state index is 10.1. The number of hydrogen-bond donors (Lipinski definition) is 2. The minimum Gasteiger partial charge on any atom is -0.383 e. The molecule has 2 rings (SSSR count). The normalized spacial score (nSPS) is 12.4. The van der Waals surface area contributed by atoms with Crippen LogP contribution in [0.3, 0.4) is 0 Å². The molecule has 0 aliphatic carbocycles. The minimum atomic E-state index is -0.777. The van der Waals surface area contributed by atoms with Crippen molar-refractivity contribution >= 4 is 5.82 Å². The molecular weight excluding hydrogens is 202 g/mol. The van der Waals surface area contributed by atoms with E-state index in [1.165, 1.54) is 0 Å².